The molecule has 0 radical (unpaired) electrons. The molecular formula is C17H20N2O. The quantitative estimate of drug-likeness (QED) is 0.924. The molecule has 20 heavy (non-hydrogen) atoms. The molecule has 1 aromatic carbocycles. The van der Waals surface area contributed by atoms with Crippen LogP contribution >= 0.6 is 0 Å². The fourth-order valence-electron chi connectivity index (χ4n) is 1.93. The van der Waals surface area contributed by atoms with E-state index in [0.29, 0.717) is 6.54 Å². The molecule has 0 bridgehead atoms. The molecule has 3 heteroatoms. The predicted molar refractivity (Wildman–Crippen MR) is 81.1 cm³/mol. The van der Waals surface area contributed by atoms with Crippen LogP contribution in [0.2, 0.25) is 0 Å². The zero-order valence-corrected chi connectivity index (χ0v) is 12.2. The fourth-order valence-corrected chi connectivity index (χ4v) is 1.93. The minimum absolute atomic E-state index is 0.00467. The van der Waals surface area contributed by atoms with Crippen LogP contribution in [-0.2, 0) is 11.3 Å². The van der Waals surface area contributed by atoms with Crippen molar-refractivity contribution in [3.63, 3.8) is 0 Å². The van der Waals surface area contributed by atoms with Crippen LogP contribution < -0.4 is 5.32 Å². The highest BCUT2D eigenvalue weighted by Gasteiger charge is 2.07. The highest BCUT2D eigenvalue weighted by molar-refractivity contribution is 5.77. The molecule has 0 atom stereocenters. The maximum absolute atomic E-state index is 11.6. The largest absolute Gasteiger partial charge is 0.350 e. The third-order valence-electron chi connectivity index (χ3n) is 3.09. The third kappa shape index (κ3) is 3.67. The lowest BCUT2D eigenvalue weighted by Gasteiger charge is -2.08. The number of rotatable bonds is 4. The summed E-state index contributed by atoms with van der Waals surface area (Å²) >= 11 is 0. The summed E-state index contributed by atoms with van der Waals surface area (Å²) in [4.78, 5) is 16.2. The number of carbonyl (C=O) groups excluding carboxylic acids is 1. The summed E-state index contributed by atoms with van der Waals surface area (Å²) in [5.74, 6) is 0.0442. The van der Waals surface area contributed by atoms with Gasteiger partial charge in [-0.2, -0.15) is 0 Å². The first kappa shape index (κ1) is 14.3. The SMILES string of the molecule is Cc1cccc(-c2cccc(CNC(=O)C(C)C)n2)c1. The van der Waals surface area contributed by atoms with Gasteiger partial charge in [-0.1, -0.05) is 43.7 Å². The van der Waals surface area contributed by atoms with Gasteiger partial charge in [0.05, 0.1) is 17.9 Å². The molecule has 1 N–H and O–H groups in total. The van der Waals surface area contributed by atoms with Crippen LogP contribution in [0.1, 0.15) is 25.1 Å². The van der Waals surface area contributed by atoms with Crippen LogP contribution in [-0.4, -0.2) is 10.9 Å². The normalized spacial score (nSPS) is 10.6. The molecule has 1 heterocycles. The molecule has 0 saturated carbocycles. The number of amides is 1. The Morgan fingerprint density at radius 1 is 1.20 bits per heavy atom. The van der Waals surface area contributed by atoms with Crippen LogP contribution in [0.5, 0.6) is 0 Å². The van der Waals surface area contributed by atoms with Gasteiger partial charge in [0.1, 0.15) is 0 Å². The van der Waals surface area contributed by atoms with Gasteiger partial charge >= 0.3 is 0 Å². The van der Waals surface area contributed by atoms with E-state index >= 15 is 0 Å². The van der Waals surface area contributed by atoms with E-state index in [2.05, 4.69) is 29.4 Å². The lowest BCUT2D eigenvalue weighted by Crippen LogP contribution is -2.27. The molecule has 0 aliphatic carbocycles. The zero-order valence-electron chi connectivity index (χ0n) is 12.2. The van der Waals surface area contributed by atoms with Gasteiger partial charge in [0.15, 0.2) is 0 Å². The van der Waals surface area contributed by atoms with Gasteiger partial charge in [-0.25, -0.2) is 0 Å². The Balaban J connectivity index is 2.14. The molecule has 1 aromatic heterocycles. The van der Waals surface area contributed by atoms with Gasteiger partial charge < -0.3 is 5.32 Å². The van der Waals surface area contributed by atoms with Crippen LogP contribution in [0, 0.1) is 12.8 Å². The number of aryl methyl sites for hydroxylation is 1. The Morgan fingerprint density at radius 3 is 2.65 bits per heavy atom. The first-order valence-corrected chi connectivity index (χ1v) is 6.87. The molecule has 0 unspecified atom stereocenters. The highest BCUT2D eigenvalue weighted by atomic mass is 16.1. The second-order valence-electron chi connectivity index (χ2n) is 5.26. The van der Waals surface area contributed by atoms with Crippen LogP contribution in [0.3, 0.4) is 0 Å². The Bertz CT molecular complexity index is 605. The number of aromatic nitrogens is 1. The number of hydrogen-bond donors (Lipinski definition) is 1. The molecule has 0 saturated heterocycles. The number of nitrogens with zero attached hydrogens (tertiary/aromatic N) is 1. The van der Waals surface area contributed by atoms with E-state index in [1.54, 1.807) is 0 Å². The van der Waals surface area contributed by atoms with Gasteiger partial charge in [0.25, 0.3) is 0 Å². The fraction of sp³-hybridized carbons (Fsp3) is 0.294. The molecule has 0 aliphatic rings. The van der Waals surface area contributed by atoms with Crippen LogP contribution in [0.15, 0.2) is 42.5 Å². The van der Waals surface area contributed by atoms with Gasteiger partial charge in [-0.3, -0.25) is 9.78 Å². The maximum atomic E-state index is 11.6. The van der Waals surface area contributed by atoms with Crippen LogP contribution in [0.4, 0.5) is 0 Å². The summed E-state index contributed by atoms with van der Waals surface area (Å²) in [6.07, 6.45) is 0. The van der Waals surface area contributed by atoms with Crippen molar-refractivity contribution in [2.24, 2.45) is 5.92 Å². The summed E-state index contributed by atoms with van der Waals surface area (Å²) in [5, 5.41) is 2.89. The number of carbonyl (C=O) groups is 1. The first-order chi connectivity index (χ1) is 9.56. The van der Waals surface area contributed by atoms with Crippen molar-refractivity contribution in [3.05, 3.63) is 53.7 Å². The molecule has 3 nitrogen and oxygen atoms in total. The van der Waals surface area contributed by atoms with Crippen molar-refractivity contribution in [1.29, 1.82) is 0 Å². The second kappa shape index (κ2) is 6.33. The number of pyridine rings is 1. The predicted octanol–water partition coefficient (Wildman–Crippen LogP) is 3.33. The molecule has 0 aliphatic heterocycles. The number of benzene rings is 1. The average Bonchev–Trinajstić information content (AvgIpc) is 2.45. The summed E-state index contributed by atoms with van der Waals surface area (Å²) in [6, 6.07) is 14.1. The van der Waals surface area contributed by atoms with Crippen molar-refractivity contribution in [2.75, 3.05) is 0 Å². The Labute approximate surface area is 120 Å². The molecular weight excluding hydrogens is 248 g/mol. The topological polar surface area (TPSA) is 42.0 Å². The van der Waals surface area contributed by atoms with Crippen molar-refractivity contribution in [3.8, 4) is 11.3 Å². The Hall–Kier alpha value is -2.16. The lowest BCUT2D eigenvalue weighted by atomic mass is 10.1. The Morgan fingerprint density at radius 2 is 1.95 bits per heavy atom. The maximum Gasteiger partial charge on any atom is 0.222 e. The van der Waals surface area contributed by atoms with E-state index in [9.17, 15) is 4.79 Å². The standard InChI is InChI=1S/C17H20N2O/c1-12(2)17(20)18-11-15-8-5-9-16(19-15)14-7-4-6-13(3)10-14/h4-10,12H,11H2,1-3H3,(H,18,20). The van der Waals surface area contributed by atoms with Crippen molar-refractivity contribution >= 4 is 5.91 Å². The van der Waals surface area contributed by atoms with Crippen molar-refractivity contribution < 1.29 is 4.79 Å². The molecule has 2 rings (SSSR count). The molecule has 104 valence electrons. The first-order valence-electron chi connectivity index (χ1n) is 6.87. The van der Waals surface area contributed by atoms with E-state index in [4.69, 9.17) is 0 Å². The van der Waals surface area contributed by atoms with E-state index < -0.39 is 0 Å². The summed E-state index contributed by atoms with van der Waals surface area (Å²) in [5.41, 5.74) is 4.12. The van der Waals surface area contributed by atoms with E-state index in [0.717, 1.165) is 17.0 Å². The summed E-state index contributed by atoms with van der Waals surface area (Å²) in [7, 11) is 0. The molecule has 0 fully saturated rings. The van der Waals surface area contributed by atoms with Gasteiger partial charge in [-0.05, 0) is 25.1 Å². The summed E-state index contributed by atoms with van der Waals surface area (Å²) < 4.78 is 0. The van der Waals surface area contributed by atoms with E-state index in [-0.39, 0.29) is 11.8 Å². The van der Waals surface area contributed by atoms with Gasteiger partial charge in [0.2, 0.25) is 5.91 Å². The van der Waals surface area contributed by atoms with E-state index in [1.165, 1.54) is 5.56 Å². The summed E-state index contributed by atoms with van der Waals surface area (Å²) in [6.45, 7) is 6.30. The van der Waals surface area contributed by atoms with Crippen LogP contribution in [0.25, 0.3) is 11.3 Å². The minimum Gasteiger partial charge on any atom is -0.350 e. The Kier molecular flexibility index (Phi) is 4.51. The minimum atomic E-state index is -0.00467. The average molecular weight is 268 g/mol. The second-order valence-corrected chi connectivity index (χ2v) is 5.26. The molecule has 2 aromatic rings. The third-order valence-corrected chi connectivity index (χ3v) is 3.09. The monoisotopic (exact) mass is 268 g/mol. The van der Waals surface area contributed by atoms with Crippen molar-refractivity contribution in [1.82, 2.24) is 10.3 Å². The smallest absolute Gasteiger partial charge is 0.222 e. The molecule has 0 spiro atoms. The van der Waals surface area contributed by atoms with Gasteiger partial charge in [0, 0.05) is 11.5 Å². The highest BCUT2D eigenvalue weighted by Crippen LogP contribution is 2.18. The zero-order chi connectivity index (χ0) is 14.5. The lowest BCUT2D eigenvalue weighted by molar-refractivity contribution is -0.124. The van der Waals surface area contributed by atoms with Gasteiger partial charge in [-0.15, -0.1) is 0 Å². The van der Waals surface area contributed by atoms with Crippen molar-refractivity contribution in [2.45, 2.75) is 27.3 Å². The number of nitrogens with one attached hydrogen (secondary N) is 1. The van der Waals surface area contributed by atoms with E-state index in [1.807, 2.05) is 44.2 Å². The molecule has 1 amide bonds. The number of hydrogen-bond acceptors (Lipinski definition) is 2.